The number of hydrogen-bond acceptors (Lipinski definition) is 6. The molecule has 0 spiro atoms. The first-order chi connectivity index (χ1) is 13.2. The molecule has 146 valence electrons. The number of Topliss-reactive ketones (excluding diaryl/α,β-unsaturated/α-hetero) is 1. The largest absolute Gasteiger partial charge is 0.379 e. The van der Waals surface area contributed by atoms with Gasteiger partial charge in [0.15, 0.2) is 5.78 Å². The summed E-state index contributed by atoms with van der Waals surface area (Å²) in [6, 6.07) is 7.20. The Morgan fingerprint density at radius 1 is 1.04 bits per heavy atom. The van der Waals surface area contributed by atoms with Crippen molar-refractivity contribution in [1.82, 2.24) is 0 Å². The van der Waals surface area contributed by atoms with Crippen LogP contribution < -0.4 is 0 Å². The van der Waals surface area contributed by atoms with E-state index >= 15 is 0 Å². The van der Waals surface area contributed by atoms with Crippen molar-refractivity contribution in [2.75, 3.05) is 59.4 Å². The lowest BCUT2D eigenvalue weighted by molar-refractivity contribution is 0.00223. The molecule has 0 radical (unpaired) electrons. The van der Waals surface area contributed by atoms with Crippen LogP contribution in [0.1, 0.15) is 22.8 Å². The number of hydrogen-bond donors (Lipinski definition) is 0. The number of benzene rings is 1. The number of rotatable bonds is 14. The zero-order chi connectivity index (χ0) is 19.6. The molecule has 0 aliphatic heterocycles. The maximum atomic E-state index is 11.3. The lowest BCUT2D eigenvalue weighted by Crippen LogP contribution is -2.12. The third kappa shape index (κ3) is 12.6. The van der Waals surface area contributed by atoms with Gasteiger partial charge in [0.2, 0.25) is 0 Å². The van der Waals surface area contributed by atoms with Crippen LogP contribution in [0.25, 0.3) is 10.4 Å². The Kier molecular flexibility index (Phi) is 13.3. The van der Waals surface area contributed by atoms with Crippen LogP contribution in [0.15, 0.2) is 29.4 Å². The number of azide groups is 1. The maximum absolute atomic E-state index is 11.3. The van der Waals surface area contributed by atoms with Crippen LogP contribution in [-0.2, 0) is 18.9 Å². The van der Waals surface area contributed by atoms with Crippen LogP contribution in [0.4, 0.5) is 0 Å². The molecular formula is C19H25N3O5. The smallest absolute Gasteiger partial charge is 0.159 e. The van der Waals surface area contributed by atoms with Gasteiger partial charge in [0.25, 0.3) is 0 Å². The third-order valence-corrected chi connectivity index (χ3v) is 3.19. The lowest BCUT2D eigenvalue weighted by atomic mass is 10.1. The normalized spacial score (nSPS) is 9.96. The zero-order valence-corrected chi connectivity index (χ0v) is 15.6. The van der Waals surface area contributed by atoms with E-state index in [2.05, 4.69) is 21.9 Å². The molecule has 0 fully saturated rings. The average Bonchev–Trinajstić information content (AvgIpc) is 2.68. The van der Waals surface area contributed by atoms with Crippen molar-refractivity contribution in [3.05, 3.63) is 45.8 Å². The molecule has 1 aromatic rings. The molecule has 0 aliphatic rings. The number of ether oxygens (including phenoxy) is 4. The fourth-order valence-corrected chi connectivity index (χ4v) is 1.89. The van der Waals surface area contributed by atoms with E-state index in [9.17, 15) is 4.79 Å². The zero-order valence-electron chi connectivity index (χ0n) is 15.6. The van der Waals surface area contributed by atoms with E-state index in [-0.39, 0.29) is 5.78 Å². The van der Waals surface area contributed by atoms with Crippen molar-refractivity contribution >= 4 is 5.78 Å². The molecule has 8 nitrogen and oxygen atoms in total. The summed E-state index contributed by atoms with van der Waals surface area (Å²) in [6.07, 6.45) is 0. The van der Waals surface area contributed by atoms with Crippen molar-refractivity contribution in [3.63, 3.8) is 0 Å². The van der Waals surface area contributed by atoms with Crippen molar-refractivity contribution < 1.29 is 23.7 Å². The van der Waals surface area contributed by atoms with Crippen LogP contribution >= 0.6 is 0 Å². The van der Waals surface area contributed by atoms with Gasteiger partial charge >= 0.3 is 0 Å². The molecule has 0 saturated carbocycles. The average molecular weight is 375 g/mol. The van der Waals surface area contributed by atoms with E-state index in [4.69, 9.17) is 24.5 Å². The Balaban J connectivity index is 1.93. The molecule has 1 rings (SSSR count). The van der Waals surface area contributed by atoms with Gasteiger partial charge < -0.3 is 18.9 Å². The standard InChI is InChI=1S/C19H25N3O5/c1-17(23)19-6-2-4-18(16-19)5-3-8-24-10-12-26-14-15-27-13-11-25-9-7-21-22-20/h2,4,6,16H,7-15H2,1H3. The predicted molar refractivity (Wildman–Crippen MR) is 101 cm³/mol. The molecule has 8 heteroatoms. The number of ketones is 1. The molecule has 0 N–H and O–H groups in total. The Morgan fingerprint density at radius 3 is 2.30 bits per heavy atom. The number of carbonyl (C=O) groups is 1. The highest BCUT2D eigenvalue weighted by molar-refractivity contribution is 5.94. The van der Waals surface area contributed by atoms with Crippen LogP contribution in [0, 0.1) is 11.8 Å². The summed E-state index contributed by atoms with van der Waals surface area (Å²) >= 11 is 0. The summed E-state index contributed by atoms with van der Waals surface area (Å²) in [6.45, 7) is 5.35. The minimum absolute atomic E-state index is 0.0221. The van der Waals surface area contributed by atoms with Crippen molar-refractivity contribution in [3.8, 4) is 11.8 Å². The monoisotopic (exact) mass is 375 g/mol. The first-order valence-electron chi connectivity index (χ1n) is 8.65. The van der Waals surface area contributed by atoms with Gasteiger partial charge in [-0.2, -0.15) is 0 Å². The molecule has 0 bridgehead atoms. The van der Waals surface area contributed by atoms with Gasteiger partial charge in [-0.3, -0.25) is 4.79 Å². The maximum Gasteiger partial charge on any atom is 0.159 e. The number of carbonyl (C=O) groups excluding carboxylic acids is 1. The fraction of sp³-hybridized carbons (Fsp3) is 0.526. The molecule has 0 saturated heterocycles. The third-order valence-electron chi connectivity index (χ3n) is 3.19. The van der Waals surface area contributed by atoms with Gasteiger partial charge in [0, 0.05) is 22.6 Å². The molecule has 0 aliphatic carbocycles. The summed E-state index contributed by atoms with van der Waals surface area (Å²) in [5, 5.41) is 3.35. The van der Waals surface area contributed by atoms with E-state index < -0.39 is 0 Å². The fourth-order valence-electron chi connectivity index (χ4n) is 1.89. The SMILES string of the molecule is CC(=O)c1cccc(C#CCOCCOCCOCCOCCN=[N+]=[N-])c1. The van der Waals surface area contributed by atoms with Crippen LogP contribution in [-0.4, -0.2) is 65.2 Å². The van der Waals surface area contributed by atoms with E-state index in [0.717, 1.165) is 5.56 Å². The van der Waals surface area contributed by atoms with E-state index in [1.54, 1.807) is 12.1 Å². The Morgan fingerprint density at radius 2 is 1.67 bits per heavy atom. The van der Waals surface area contributed by atoms with Gasteiger partial charge in [-0.1, -0.05) is 29.1 Å². The molecule has 1 aromatic carbocycles. The van der Waals surface area contributed by atoms with Crippen molar-refractivity contribution in [1.29, 1.82) is 0 Å². The molecule has 0 amide bonds. The summed E-state index contributed by atoms with van der Waals surface area (Å²) in [5.74, 6) is 5.89. The topological polar surface area (TPSA) is 103 Å². The second kappa shape index (κ2) is 15.8. The number of nitrogens with zero attached hydrogens (tertiary/aromatic N) is 3. The lowest BCUT2D eigenvalue weighted by Gasteiger charge is -2.06. The quantitative estimate of drug-likeness (QED) is 0.124. The summed E-state index contributed by atoms with van der Waals surface area (Å²) in [7, 11) is 0. The van der Waals surface area contributed by atoms with Gasteiger partial charge in [0.1, 0.15) is 6.61 Å². The highest BCUT2D eigenvalue weighted by atomic mass is 16.6. The summed E-state index contributed by atoms with van der Waals surface area (Å²) in [5.41, 5.74) is 9.53. The van der Waals surface area contributed by atoms with E-state index in [1.165, 1.54) is 6.92 Å². The van der Waals surface area contributed by atoms with E-state index in [0.29, 0.717) is 65.0 Å². The molecular weight excluding hydrogens is 350 g/mol. The first kappa shape index (κ1) is 22.6. The summed E-state index contributed by atoms with van der Waals surface area (Å²) < 4.78 is 21.2. The van der Waals surface area contributed by atoms with Crippen molar-refractivity contribution in [2.24, 2.45) is 5.11 Å². The Hall–Kier alpha value is -2.40. The van der Waals surface area contributed by atoms with Crippen LogP contribution in [0.3, 0.4) is 0 Å². The van der Waals surface area contributed by atoms with Crippen molar-refractivity contribution in [2.45, 2.75) is 6.92 Å². The van der Waals surface area contributed by atoms with Crippen LogP contribution in [0.2, 0.25) is 0 Å². The van der Waals surface area contributed by atoms with Crippen LogP contribution in [0.5, 0.6) is 0 Å². The Labute approximate surface area is 159 Å². The van der Waals surface area contributed by atoms with Gasteiger partial charge in [0.05, 0.1) is 46.2 Å². The van der Waals surface area contributed by atoms with Gasteiger partial charge in [-0.25, -0.2) is 0 Å². The summed E-state index contributed by atoms with van der Waals surface area (Å²) in [4.78, 5) is 13.9. The van der Waals surface area contributed by atoms with Gasteiger partial charge in [-0.15, -0.1) is 0 Å². The minimum atomic E-state index is 0.0221. The Bertz CT molecular complexity index is 663. The molecule has 0 aromatic heterocycles. The predicted octanol–water partition coefficient (Wildman–Crippen LogP) is 2.62. The second-order valence-electron chi connectivity index (χ2n) is 5.28. The molecule has 0 atom stereocenters. The molecule has 0 heterocycles. The second-order valence-corrected chi connectivity index (χ2v) is 5.28. The first-order valence-corrected chi connectivity index (χ1v) is 8.65. The molecule has 0 unspecified atom stereocenters. The highest BCUT2D eigenvalue weighted by Crippen LogP contribution is 2.04. The highest BCUT2D eigenvalue weighted by Gasteiger charge is 1.98. The van der Waals surface area contributed by atoms with E-state index in [1.807, 2.05) is 12.1 Å². The van der Waals surface area contributed by atoms with Gasteiger partial charge in [-0.05, 0) is 24.6 Å². The molecule has 27 heavy (non-hydrogen) atoms. The minimum Gasteiger partial charge on any atom is -0.379 e.